The lowest BCUT2D eigenvalue weighted by Crippen LogP contribution is -1.89. The van der Waals surface area contributed by atoms with Gasteiger partial charge in [-0.2, -0.15) is 0 Å². The Morgan fingerprint density at radius 3 is 2.79 bits per heavy atom. The van der Waals surface area contributed by atoms with E-state index in [0.29, 0.717) is 28.5 Å². The number of benzene rings is 3. The topological polar surface area (TPSA) is 67.9 Å². The molecular formula is C22H17BrN2O3. The van der Waals surface area contributed by atoms with Crippen molar-refractivity contribution in [2.45, 2.75) is 6.92 Å². The van der Waals surface area contributed by atoms with E-state index in [0.717, 1.165) is 21.1 Å². The normalized spacial score (nSPS) is 11.4. The summed E-state index contributed by atoms with van der Waals surface area (Å²) in [6.45, 7) is 2.03. The van der Waals surface area contributed by atoms with E-state index in [-0.39, 0.29) is 5.75 Å². The summed E-state index contributed by atoms with van der Waals surface area (Å²) in [5, 5.41) is 10.2. The molecule has 0 spiro atoms. The van der Waals surface area contributed by atoms with Gasteiger partial charge in [-0.15, -0.1) is 0 Å². The average Bonchev–Trinajstić information content (AvgIpc) is 3.11. The Balaban J connectivity index is 1.67. The van der Waals surface area contributed by atoms with E-state index in [1.54, 1.807) is 18.3 Å². The SMILES string of the molecule is COc1cc(Br)cc(C=Nc2ccc3nc(-c4cccc(C)c4)oc3c2)c1O. The van der Waals surface area contributed by atoms with Crippen LogP contribution in [0.4, 0.5) is 5.69 Å². The predicted molar refractivity (Wildman–Crippen MR) is 114 cm³/mol. The van der Waals surface area contributed by atoms with Gasteiger partial charge in [-0.25, -0.2) is 4.98 Å². The number of halogens is 1. The second-order valence-corrected chi connectivity index (χ2v) is 7.26. The zero-order valence-electron chi connectivity index (χ0n) is 15.3. The number of hydrogen-bond acceptors (Lipinski definition) is 5. The van der Waals surface area contributed by atoms with Crippen molar-refractivity contribution in [3.8, 4) is 23.0 Å². The van der Waals surface area contributed by atoms with Crippen molar-refractivity contribution < 1.29 is 14.3 Å². The molecule has 1 N–H and O–H groups in total. The average molecular weight is 437 g/mol. The minimum atomic E-state index is 0.0388. The van der Waals surface area contributed by atoms with E-state index < -0.39 is 0 Å². The number of methoxy groups -OCH3 is 1. The van der Waals surface area contributed by atoms with Gasteiger partial charge < -0.3 is 14.3 Å². The van der Waals surface area contributed by atoms with Crippen LogP contribution in [0.25, 0.3) is 22.6 Å². The first kappa shape index (κ1) is 18.3. The van der Waals surface area contributed by atoms with Crippen molar-refractivity contribution in [3.05, 3.63) is 70.2 Å². The molecule has 1 heterocycles. The monoisotopic (exact) mass is 436 g/mol. The van der Waals surface area contributed by atoms with Crippen LogP contribution >= 0.6 is 15.9 Å². The van der Waals surface area contributed by atoms with E-state index in [1.807, 2.05) is 49.4 Å². The van der Waals surface area contributed by atoms with Crippen molar-refractivity contribution in [3.63, 3.8) is 0 Å². The Kier molecular flexibility index (Phi) is 4.88. The Bertz CT molecular complexity index is 1200. The molecule has 0 fully saturated rings. The number of hydrogen-bond donors (Lipinski definition) is 1. The highest BCUT2D eigenvalue weighted by molar-refractivity contribution is 9.10. The molecule has 0 atom stereocenters. The molecule has 140 valence electrons. The van der Waals surface area contributed by atoms with Gasteiger partial charge >= 0.3 is 0 Å². The lowest BCUT2D eigenvalue weighted by molar-refractivity contribution is 0.373. The third kappa shape index (κ3) is 3.64. The molecule has 28 heavy (non-hydrogen) atoms. The number of oxazole rings is 1. The summed E-state index contributed by atoms with van der Waals surface area (Å²) in [5.74, 6) is 0.996. The van der Waals surface area contributed by atoms with Crippen LogP contribution in [0.3, 0.4) is 0 Å². The molecule has 4 rings (SSSR count). The summed E-state index contributed by atoms with van der Waals surface area (Å²) in [5.41, 5.74) is 4.74. The molecular weight excluding hydrogens is 420 g/mol. The number of nitrogens with zero attached hydrogens (tertiary/aromatic N) is 2. The molecule has 0 amide bonds. The summed E-state index contributed by atoms with van der Waals surface area (Å²) < 4.78 is 11.9. The van der Waals surface area contributed by atoms with Gasteiger partial charge in [0.1, 0.15) is 5.52 Å². The van der Waals surface area contributed by atoms with Crippen LogP contribution in [-0.4, -0.2) is 23.4 Å². The number of aromatic hydroxyl groups is 1. The molecule has 0 aliphatic rings. The highest BCUT2D eigenvalue weighted by Crippen LogP contribution is 2.33. The lowest BCUT2D eigenvalue weighted by Gasteiger charge is -2.06. The molecule has 0 radical (unpaired) electrons. The summed E-state index contributed by atoms with van der Waals surface area (Å²) in [6.07, 6.45) is 1.58. The summed E-state index contributed by atoms with van der Waals surface area (Å²) in [6, 6.07) is 17.0. The van der Waals surface area contributed by atoms with E-state index in [2.05, 4.69) is 25.9 Å². The smallest absolute Gasteiger partial charge is 0.227 e. The second kappa shape index (κ2) is 7.48. The van der Waals surface area contributed by atoms with Gasteiger partial charge in [0.15, 0.2) is 17.1 Å². The molecule has 0 saturated carbocycles. The second-order valence-electron chi connectivity index (χ2n) is 6.34. The Labute approximate surface area is 170 Å². The van der Waals surface area contributed by atoms with Gasteiger partial charge in [-0.3, -0.25) is 4.99 Å². The van der Waals surface area contributed by atoms with Crippen molar-refractivity contribution in [1.29, 1.82) is 0 Å². The van der Waals surface area contributed by atoms with Crippen LogP contribution in [0, 0.1) is 6.92 Å². The van der Waals surface area contributed by atoms with Crippen LogP contribution in [0.5, 0.6) is 11.5 Å². The molecule has 0 aliphatic heterocycles. The Hall–Kier alpha value is -3.12. The van der Waals surface area contributed by atoms with E-state index >= 15 is 0 Å². The predicted octanol–water partition coefficient (Wildman–Crippen LogP) is 6.03. The molecule has 0 bridgehead atoms. The molecule has 0 unspecified atom stereocenters. The van der Waals surface area contributed by atoms with E-state index in [9.17, 15) is 5.11 Å². The van der Waals surface area contributed by atoms with E-state index in [1.165, 1.54) is 7.11 Å². The fourth-order valence-corrected chi connectivity index (χ4v) is 3.34. The maximum Gasteiger partial charge on any atom is 0.227 e. The van der Waals surface area contributed by atoms with Gasteiger partial charge in [0.25, 0.3) is 0 Å². The molecule has 6 heteroatoms. The first-order valence-corrected chi connectivity index (χ1v) is 9.41. The van der Waals surface area contributed by atoms with Crippen LogP contribution in [0.1, 0.15) is 11.1 Å². The molecule has 4 aromatic rings. The number of phenols is 1. The van der Waals surface area contributed by atoms with Crippen LogP contribution in [0.15, 0.2) is 68.5 Å². The van der Waals surface area contributed by atoms with Crippen LogP contribution in [0.2, 0.25) is 0 Å². The van der Waals surface area contributed by atoms with Gasteiger partial charge in [0, 0.05) is 27.9 Å². The molecule has 5 nitrogen and oxygen atoms in total. The zero-order valence-corrected chi connectivity index (χ0v) is 16.9. The first-order valence-electron chi connectivity index (χ1n) is 8.62. The van der Waals surface area contributed by atoms with Crippen molar-refractivity contribution in [1.82, 2.24) is 4.98 Å². The standard InChI is InChI=1S/C22H17BrN2O3/c1-13-4-3-5-14(8-13)22-25-18-7-6-17(11-19(18)28-22)24-12-15-9-16(23)10-20(27-2)21(15)26/h3-12,26H,1-2H3. The highest BCUT2D eigenvalue weighted by atomic mass is 79.9. The quantitative estimate of drug-likeness (QED) is 0.396. The van der Waals surface area contributed by atoms with Crippen molar-refractivity contribution in [2.24, 2.45) is 4.99 Å². The lowest BCUT2D eigenvalue weighted by atomic mass is 10.1. The van der Waals surface area contributed by atoms with E-state index in [4.69, 9.17) is 9.15 Å². The number of rotatable bonds is 4. The van der Waals surface area contributed by atoms with Gasteiger partial charge in [0.05, 0.1) is 12.8 Å². The minimum absolute atomic E-state index is 0.0388. The highest BCUT2D eigenvalue weighted by Gasteiger charge is 2.10. The molecule has 1 aromatic heterocycles. The Morgan fingerprint density at radius 1 is 1.14 bits per heavy atom. The third-order valence-corrected chi connectivity index (χ3v) is 4.74. The fourth-order valence-electron chi connectivity index (χ4n) is 2.89. The maximum absolute atomic E-state index is 10.2. The summed E-state index contributed by atoms with van der Waals surface area (Å²) >= 11 is 3.40. The third-order valence-electron chi connectivity index (χ3n) is 4.28. The van der Waals surface area contributed by atoms with Crippen LogP contribution in [-0.2, 0) is 0 Å². The minimum Gasteiger partial charge on any atom is -0.504 e. The number of fused-ring (bicyclic) bond motifs is 1. The number of aliphatic imine (C=N–C) groups is 1. The zero-order chi connectivity index (χ0) is 19.7. The summed E-state index contributed by atoms with van der Waals surface area (Å²) in [7, 11) is 1.51. The molecule has 3 aromatic carbocycles. The van der Waals surface area contributed by atoms with Gasteiger partial charge in [-0.1, -0.05) is 33.6 Å². The Morgan fingerprint density at radius 2 is 2.00 bits per heavy atom. The number of aromatic nitrogens is 1. The van der Waals surface area contributed by atoms with Gasteiger partial charge in [-0.05, 0) is 43.3 Å². The fraction of sp³-hybridized carbons (Fsp3) is 0.0909. The number of ether oxygens (including phenoxy) is 1. The summed E-state index contributed by atoms with van der Waals surface area (Å²) in [4.78, 5) is 9.00. The van der Waals surface area contributed by atoms with Crippen molar-refractivity contribution in [2.75, 3.05) is 7.11 Å². The van der Waals surface area contributed by atoms with Crippen LogP contribution < -0.4 is 4.74 Å². The molecule has 0 aliphatic carbocycles. The molecule has 0 saturated heterocycles. The first-order chi connectivity index (χ1) is 13.5. The number of aryl methyl sites for hydroxylation is 1. The number of phenolic OH excluding ortho intramolecular Hbond substituents is 1. The van der Waals surface area contributed by atoms with Crippen molar-refractivity contribution >= 4 is 38.9 Å². The maximum atomic E-state index is 10.2. The van der Waals surface area contributed by atoms with Gasteiger partial charge in [0.2, 0.25) is 5.89 Å². The largest absolute Gasteiger partial charge is 0.504 e.